The molecule has 1 atom stereocenters. The van der Waals surface area contributed by atoms with Crippen LogP contribution in [0.1, 0.15) is 39.5 Å². The summed E-state index contributed by atoms with van der Waals surface area (Å²) in [4.78, 5) is 22.4. The van der Waals surface area contributed by atoms with Gasteiger partial charge >= 0.3 is 12.0 Å². The first-order chi connectivity index (χ1) is 9.02. The van der Waals surface area contributed by atoms with Crippen molar-refractivity contribution in [3.63, 3.8) is 0 Å². The van der Waals surface area contributed by atoms with E-state index in [1.807, 2.05) is 13.8 Å². The number of carboxylic acid groups (broad SMARTS) is 1. The highest BCUT2D eigenvalue weighted by molar-refractivity contribution is 5.74. The van der Waals surface area contributed by atoms with E-state index in [9.17, 15) is 9.59 Å². The molecular formula is C13H24N2O4. The van der Waals surface area contributed by atoms with Gasteiger partial charge in [0, 0.05) is 19.2 Å². The largest absolute Gasteiger partial charge is 0.481 e. The Bertz CT molecular complexity index is 301. The Morgan fingerprint density at radius 3 is 2.47 bits per heavy atom. The van der Waals surface area contributed by atoms with Crippen LogP contribution < -0.4 is 10.6 Å². The van der Waals surface area contributed by atoms with Gasteiger partial charge in [-0.15, -0.1) is 0 Å². The van der Waals surface area contributed by atoms with E-state index in [4.69, 9.17) is 9.84 Å². The summed E-state index contributed by atoms with van der Waals surface area (Å²) < 4.78 is 5.31. The quantitative estimate of drug-likeness (QED) is 0.681. The monoisotopic (exact) mass is 272 g/mol. The maximum Gasteiger partial charge on any atom is 0.315 e. The highest BCUT2D eigenvalue weighted by atomic mass is 16.5. The zero-order valence-electron chi connectivity index (χ0n) is 11.6. The van der Waals surface area contributed by atoms with Crippen LogP contribution >= 0.6 is 0 Å². The fourth-order valence-electron chi connectivity index (χ4n) is 2.30. The fraction of sp³-hybridized carbons (Fsp3) is 0.846. The van der Waals surface area contributed by atoms with Gasteiger partial charge in [0.05, 0.1) is 12.0 Å². The number of nitrogens with one attached hydrogen (secondary N) is 2. The van der Waals surface area contributed by atoms with E-state index < -0.39 is 5.97 Å². The molecule has 2 amide bonds. The van der Waals surface area contributed by atoms with Crippen LogP contribution in [-0.4, -0.2) is 42.4 Å². The van der Waals surface area contributed by atoms with E-state index >= 15 is 0 Å². The van der Waals surface area contributed by atoms with Crippen LogP contribution in [0, 0.1) is 5.92 Å². The normalized spacial score (nSPS) is 24.5. The number of urea groups is 1. The van der Waals surface area contributed by atoms with Crippen LogP contribution in [-0.2, 0) is 9.53 Å². The van der Waals surface area contributed by atoms with E-state index in [-0.39, 0.29) is 24.1 Å². The highest BCUT2D eigenvalue weighted by Gasteiger charge is 2.26. The van der Waals surface area contributed by atoms with E-state index in [1.165, 1.54) is 0 Å². The molecule has 0 saturated heterocycles. The van der Waals surface area contributed by atoms with Crippen LogP contribution in [0.3, 0.4) is 0 Å². The zero-order valence-corrected chi connectivity index (χ0v) is 11.6. The number of hydrogen-bond donors (Lipinski definition) is 3. The molecule has 3 N–H and O–H groups in total. The number of carbonyl (C=O) groups is 2. The lowest BCUT2D eigenvalue weighted by atomic mass is 9.86. The van der Waals surface area contributed by atoms with Crippen molar-refractivity contribution in [2.75, 3.05) is 13.2 Å². The van der Waals surface area contributed by atoms with Gasteiger partial charge in [-0.2, -0.15) is 0 Å². The predicted molar refractivity (Wildman–Crippen MR) is 71.0 cm³/mol. The third-order valence-electron chi connectivity index (χ3n) is 3.41. The van der Waals surface area contributed by atoms with E-state index in [2.05, 4.69) is 10.6 Å². The summed E-state index contributed by atoms with van der Waals surface area (Å²) in [5.74, 6) is -0.979. The second-order valence-electron chi connectivity index (χ2n) is 5.01. The topological polar surface area (TPSA) is 87.7 Å². The summed E-state index contributed by atoms with van der Waals surface area (Å²) in [7, 11) is 0. The Labute approximate surface area is 113 Å². The average Bonchev–Trinajstić information content (AvgIpc) is 2.37. The number of amides is 2. The van der Waals surface area contributed by atoms with Crippen molar-refractivity contribution >= 4 is 12.0 Å². The molecule has 1 aliphatic carbocycles. The molecule has 1 saturated carbocycles. The minimum atomic E-state index is -0.728. The molecule has 0 aromatic carbocycles. The number of aliphatic carboxylic acids is 1. The summed E-state index contributed by atoms with van der Waals surface area (Å²) in [5, 5.41) is 14.5. The van der Waals surface area contributed by atoms with Crippen molar-refractivity contribution in [3.8, 4) is 0 Å². The van der Waals surface area contributed by atoms with E-state index in [0.29, 0.717) is 26.0 Å². The molecule has 0 aromatic rings. The number of carbonyl (C=O) groups excluding carboxylic acids is 1. The van der Waals surface area contributed by atoms with Crippen molar-refractivity contribution in [1.82, 2.24) is 10.6 Å². The molecule has 1 fully saturated rings. The second kappa shape index (κ2) is 7.99. The van der Waals surface area contributed by atoms with Crippen LogP contribution in [0.25, 0.3) is 0 Å². The van der Waals surface area contributed by atoms with Gasteiger partial charge in [-0.25, -0.2) is 4.79 Å². The maximum absolute atomic E-state index is 11.6. The third kappa shape index (κ3) is 5.92. The van der Waals surface area contributed by atoms with Crippen molar-refractivity contribution in [2.45, 2.75) is 51.7 Å². The van der Waals surface area contributed by atoms with Crippen LogP contribution in [0.15, 0.2) is 0 Å². The summed E-state index contributed by atoms with van der Waals surface area (Å²) >= 11 is 0. The van der Waals surface area contributed by atoms with Crippen molar-refractivity contribution < 1.29 is 19.4 Å². The second-order valence-corrected chi connectivity index (χ2v) is 5.01. The molecule has 6 nitrogen and oxygen atoms in total. The highest BCUT2D eigenvalue weighted by Crippen LogP contribution is 2.24. The third-order valence-corrected chi connectivity index (χ3v) is 3.41. The smallest absolute Gasteiger partial charge is 0.315 e. The first kappa shape index (κ1) is 15.8. The molecule has 0 heterocycles. The number of rotatable bonds is 6. The standard InChI is InChI=1S/C13H24N2O4/c1-3-19-9(2)8-14-13(18)15-11-6-4-10(5-7-11)12(16)17/h9-11H,3-8H2,1-2H3,(H,16,17)(H2,14,15,18). The number of ether oxygens (including phenoxy) is 1. The minimum absolute atomic E-state index is 0.00139. The molecule has 110 valence electrons. The van der Waals surface area contributed by atoms with Gasteiger partial charge in [-0.1, -0.05) is 0 Å². The van der Waals surface area contributed by atoms with Crippen LogP contribution in [0.2, 0.25) is 0 Å². The molecule has 0 bridgehead atoms. The summed E-state index contributed by atoms with van der Waals surface area (Å²) in [6.45, 7) is 4.92. The van der Waals surface area contributed by atoms with Gasteiger partial charge in [-0.3, -0.25) is 4.79 Å². The van der Waals surface area contributed by atoms with E-state index in [1.54, 1.807) is 0 Å². The Balaban J connectivity index is 2.18. The van der Waals surface area contributed by atoms with Gasteiger partial charge < -0.3 is 20.5 Å². The SMILES string of the molecule is CCOC(C)CNC(=O)NC1CCC(C(=O)O)CC1. The zero-order chi connectivity index (χ0) is 14.3. The molecule has 6 heteroatoms. The maximum atomic E-state index is 11.6. The Morgan fingerprint density at radius 1 is 1.32 bits per heavy atom. The fourth-order valence-corrected chi connectivity index (χ4v) is 2.30. The Hall–Kier alpha value is -1.30. The van der Waals surface area contributed by atoms with Crippen LogP contribution in [0.4, 0.5) is 4.79 Å². The van der Waals surface area contributed by atoms with Gasteiger partial charge in [0.2, 0.25) is 0 Å². The molecule has 0 radical (unpaired) electrons. The first-order valence-electron chi connectivity index (χ1n) is 6.91. The summed E-state index contributed by atoms with van der Waals surface area (Å²) in [5.41, 5.74) is 0. The van der Waals surface area contributed by atoms with Gasteiger partial charge in [0.15, 0.2) is 0 Å². The van der Waals surface area contributed by atoms with Gasteiger partial charge in [-0.05, 0) is 39.5 Å². The molecule has 1 rings (SSSR count). The summed E-state index contributed by atoms with van der Waals surface area (Å²) in [6.07, 6.45) is 2.72. The molecule has 1 unspecified atom stereocenters. The molecular weight excluding hydrogens is 248 g/mol. The predicted octanol–water partition coefficient (Wildman–Crippen LogP) is 1.35. The number of carboxylic acids is 1. The van der Waals surface area contributed by atoms with Crippen molar-refractivity contribution in [3.05, 3.63) is 0 Å². The van der Waals surface area contributed by atoms with Crippen molar-refractivity contribution in [2.24, 2.45) is 5.92 Å². The Morgan fingerprint density at radius 2 is 1.95 bits per heavy atom. The Kier molecular flexibility index (Phi) is 6.62. The van der Waals surface area contributed by atoms with Crippen LogP contribution in [0.5, 0.6) is 0 Å². The molecule has 0 aromatic heterocycles. The molecule has 19 heavy (non-hydrogen) atoms. The van der Waals surface area contributed by atoms with Crippen molar-refractivity contribution in [1.29, 1.82) is 0 Å². The lowest BCUT2D eigenvalue weighted by Crippen LogP contribution is -2.46. The van der Waals surface area contributed by atoms with Gasteiger partial charge in [0.1, 0.15) is 0 Å². The minimum Gasteiger partial charge on any atom is -0.481 e. The first-order valence-corrected chi connectivity index (χ1v) is 6.91. The molecule has 0 aliphatic heterocycles. The lowest BCUT2D eigenvalue weighted by Gasteiger charge is -2.27. The number of hydrogen-bond acceptors (Lipinski definition) is 3. The molecule has 1 aliphatic rings. The van der Waals surface area contributed by atoms with E-state index in [0.717, 1.165) is 12.8 Å². The van der Waals surface area contributed by atoms with Gasteiger partial charge in [0.25, 0.3) is 0 Å². The summed E-state index contributed by atoms with van der Waals surface area (Å²) in [6, 6.07) is -0.122. The molecule has 0 spiro atoms. The lowest BCUT2D eigenvalue weighted by molar-refractivity contribution is -0.142. The average molecular weight is 272 g/mol.